The van der Waals surface area contributed by atoms with Crippen molar-refractivity contribution < 1.29 is 19.2 Å². The molecular formula is C17H9N3O5. The van der Waals surface area contributed by atoms with Crippen LogP contribution in [0, 0.1) is 0 Å². The highest BCUT2D eigenvalue weighted by Gasteiger charge is 2.39. The molecule has 0 aliphatic carbocycles. The van der Waals surface area contributed by atoms with Gasteiger partial charge in [-0.3, -0.25) is 18.8 Å². The van der Waals surface area contributed by atoms with Crippen LogP contribution < -0.4 is 5.56 Å². The SMILES string of the molecule is O=C(ON1C(=O)c2ccccc2C1=O)c1cnc2ccccn2c1=O. The Morgan fingerprint density at radius 3 is 2.24 bits per heavy atom. The van der Waals surface area contributed by atoms with Gasteiger partial charge in [-0.05, 0) is 24.3 Å². The number of benzene rings is 1. The van der Waals surface area contributed by atoms with Gasteiger partial charge >= 0.3 is 5.97 Å². The molecule has 3 heterocycles. The van der Waals surface area contributed by atoms with Crippen LogP contribution >= 0.6 is 0 Å². The third kappa shape index (κ3) is 2.19. The molecule has 25 heavy (non-hydrogen) atoms. The van der Waals surface area contributed by atoms with E-state index in [0.717, 1.165) is 6.20 Å². The molecule has 2 amide bonds. The number of nitrogens with zero attached hydrogens (tertiary/aromatic N) is 3. The summed E-state index contributed by atoms with van der Waals surface area (Å²) in [5.41, 5.74) is -0.431. The molecule has 8 nitrogen and oxygen atoms in total. The lowest BCUT2D eigenvalue weighted by atomic mass is 10.1. The number of fused-ring (bicyclic) bond motifs is 2. The lowest BCUT2D eigenvalue weighted by Gasteiger charge is -2.12. The fourth-order valence-electron chi connectivity index (χ4n) is 2.55. The van der Waals surface area contributed by atoms with Crippen molar-refractivity contribution in [3.63, 3.8) is 0 Å². The zero-order chi connectivity index (χ0) is 17.6. The summed E-state index contributed by atoms with van der Waals surface area (Å²) >= 11 is 0. The summed E-state index contributed by atoms with van der Waals surface area (Å²) in [6, 6.07) is 11.0. The minimum atomic E-state index is -1.13. The second-order valence-corrected chi connectivity index (χ2v) is 5.23. The van der Waals surface area contributed by atoms with Gasteiger partial charge in [0.15, 0.2) is 0 Å². The zero-order valence-corrected chi connectivity index (χ0v) is 12.6. The molecule has 1 aromatic carbocycles. The molecule has 0 saturated heterocycles. The number of pyridine rings is 1. The lowest BCUT2D eigenvalue weighted by molar-refractivity contribution is -0.0586. The first-order valence-electron chi connectivity index (χ1n) is 7.24. The molecule has 0 atom stereocenters. The fraction of sp³-hybridized carbons (Fsp3) is 0. The molecular weight excluding hydrogens is 326 g/mol. The van der Waals surface area contributed by atoms with Crippen LogP contribution in [0.15, 0.2) is 59.7 Å². The van der Waals surface area contributed by atoms with Gasteiger partial charge in [-0.1, -0.05) is 23.3 Å². The molecule has 0 N–H and O–H groups in total. The van der Waals surface area contributed by atoms with Crippen LogP contribution in [0.4, 0.5) is 0 Å². The number of rotatable bonds is 2. The molecule has 2 aromatic heterocycles. The maximum absolute atomic E-state index is 12.4. The summed E-state index contributed by atoms with van der Waals surface area (Å²) in [7, 11) is 0. The van der Waals surface area contributed by atoms with Crippen LogP contribution in [0.1, 0.15) is 31.1 Å². The van der Waals surface area contributed by atoms with E-state index in [1.54, 1.807) is 30.3 Å². The lowest BCUT2D eigenvalue weighted by Crippen LogP contribution is -2.35. The predicted molar refractivity (Wildman–Crippen MR) is 83.8 cm³/mol. The van der Waals surface area contributed by atoms with Crippen LogP contribution in [-0.2, 0) is 4.84 Å². The number of hydrogen-bond acceptors (Lipinski definition) is 6. The van der Waals surface area contributed by atoms with Gasteiger partial charge < -0.3 is 4.84 Å². The van der Waals surface area contributed by atoms with Gasteiger partial charge in [-0.2, -0.15) is 0 Å². The Bertz CT molecular complexity index is 1080. The fourth-order valence-corrected chi connectivity index (χ4v) is 2.55. The molecule has 0 radical (unpaired) electrons. The second kappa shape index (κ2) is 5.38. The van der Waals surface area contributed by atoms with Crippen LogP contribution in [0.25, 0.3) is 5.65 Å². The number of imide groups is 1. The topological polar surface area (TPSA) is 98.0 Å². The Hall–Kier alpha value is -3.81. The number of aromatic nitrogens is 2. The molecule has 1 aliphatic rings. The van der Waals surface area contributed by atoms with Crippen molar-refractivity contribution in [1.82, 2.24) is 14.4 Å². The molecule has 0 unspecified atom stereocenters. The minimum absolute atomic E-state index is 0.133. The van der Waals surface area contributed by atoms with E-state index in [4.69, 9.17) is 4.84 Å². The summed E-state index contributed by atoms with van der Waals surface area (Å²) in [6.07, 6.45) is 2.50. The largest absolute Gasteiger partial charge is 0.371 e. The van der Waals surface area contributed by atoms with Crippen LogP contribution in [0.5, 0.6) is 0 Å². The molecule has 122 valence electrons. The van der Waals surface area contributed by atoms with Crippen molar-refractivity contribution in [2.24, 2.45) is 0 Å². The Labute approximate surface area is 139 Å². The van der Waals surface area contributed by atoms with Crippen LogP contribution in [-0.4, -0.2) is 32.2 Å². The molecule has 8 heteroatoms. The van der Waals surface area contributed by atoms with Crippen molar-refractivity contribution >= 4 is 23.4 Å². The van der Waals surface area contributed by atoms with Gasteiger partial charge in [-0.25, -0.2) is 9.78 Å². The summed E-state index contributed by atoms with van der Waals surface area (Å²) in [4.78, 5) is 57.9. The molecule has 0 fully saturated rings. The van der Waals surface area contributed by atoms with E-state index in [0.29, 0.717) is 10.7 Å². The average molecular weight is 335 g/mol. The van der Waals surface area contributed by atoms with Gasteiger partial charge in [0.25, 0.3) is 17.4 Å². The summed E-state index contributed by atoms with van der Waals surface area (Å²) in [5.74, 6) is -2.66. The Kier molecular flexibility index (Phi) is 3.17. The van der Waals surface area contributed by atoms with Crippen molar-refractivity contribution in [3.05, 3.63) is 81.9 Å². The van der Waals surface area contributed by atoms with E-state index in [1.165, 1.54) is 22.7 Å². The number of hydroxylamine groups is 2. The van der Waals surface area contributed by atoms with Gasteiger partial charge in [0.1, 0.15) is 11.2 Å². The number of carbonyl (C=O) groups is 3. The summed E-state index contributed by atoms with van der Waals surface area (Å²) in [6.45, 7) is 0. The molecule has 3 aromatic rings. The first-order chi connectivity index (χ1) is 12.1. The standard InChI is InChI=1S/C17H9N3O5/c21-14-12(9-18-13-7-3-4-8-19(13)14)17(24)25-20-15(22)10-5-1-2-6-11(10)16(20)23/h1-9H. The van der Waals surface area contributed by atoms with Gasteiger partial charge in [0, 0.05) is 12.4 Å². The highest BCUT2D eigenvalue weighted by atomic mass is 16.7. The molecule has 0 saturated carbocycles. The van der Waals surface area contributed by atoms with E-state index in [1.807, 2.05) is 0 Å². The summed E-state index contributed by atoms with van der Waals surface area (Å²) < 4.78 is 1.17. The van der Waals surface area contributed by atoms with Crippen molar-refractivity contribution in [3.8, 4) is 0 Å². The van der Waals surface area contributed by atoms with E-state index in [2.05, 4.69) is 4.98 Å². The van der Waals surface area contributed by atoms with E-state index in [9.17, 15) is 19.2 Å². The van der Waals surface area contributed by atoms with Crippen LogP contribution in [0.3, 0.4) is 0 Å². The van der Waals surface area contributed by atoms with Gasteiger partial charge in [-0.15, -0.1) is 0 Å². The number of carbonyl (C=O) groups excluding carboxylic acids is 3. The second-order valence-electron chi connectivity index (χ2n) is 5.23. The molecule has 1 aliphatic heterocycles. The van der Waals surface area contributed by atoms with Gasteiger partial charge in [0.2, 0.25) is 0 Å². The Morgan fingerprint density at radius 1 is 0.920 bits per heavy atom. The maximum Gasteiger partial charge on any atom is 0.371 e. The smallest absolute Gasteiger partial charge is 0.324 e. The average Bonchev–Trinajstić information content (AvgIpc) is 2.87. The first kappa shape index (κ1) is 14.8. The van der Waals surface area contributed by atoms with E-state index >= 15 is 0 Å². The Morgan fingerprint density at radius 2 is 1.56 bits per heavy atom. The third-order valence-corrected chi connectivity index (χ3v) is 3.76. The minimum Gasteiger partial charge on any atom is -0.324 e. The normalized spacial score (nSPS) is 13.2. The highest BCUT2D eigenvalue weighted by Crippen LogP contribution is 2.23. The first-order valence-corrected chi connectivity index (χ1v) is 7.24. The predicted octanol–water partition coefficient (Wildman–Crippen LogP) is 1.06. The van der Waals surface area contributed by atoms with E-state index in [-0.39, 0.29) is 16.7 Å². The Balaban J connectivity index is 1.68. The maximum atomic E-state index is 12.4. The highest BCUT2D eigenvalue weighted by molar-refractivity contribution is 6.21. The monoisotopic (exact) mass is 335 g/mol. The van der Waals surface area contributed by atoms with Gasteiger partial charge in [0.05, 0.1) is 11.1 Å². The van der Waals surface area contributed by atoms with E-state index < -0.39 is 23.3 Å². The van der Waals surface area contributed by atoms with Crippen LogP contribution in [0.2, 0.25) is 0 Å². The summed E-state index contributed by atoms with van der Waals surface area (Å²) in [5, 5.41) is 0.353. The molecule has 4 rings (SSSR count). The molecule has 0 bridgehead atoms. The quantitative estimate of drug-likeness (QED) is 0.650. The zero-order valence-electron chi connectivity index (χ0n) is 12.6. The number of amides is 2. The van der Waals surface area contributed by atoms with Crippen molar-refractivity contribution in [2.75, 3.05) is 0 Å². The van der Waals surface area contributed by atoms with Crippen molar-refractivity contribution in [1.29, 1.82) is 0 Å². The molecule has 0 spiro atoms. The number of hydrogen-bond donors (Lipinski definition) is 0. The van der Waals surface area contributed by atoms with Crippen molar-refractivity contribution in [2.45, 2.75) is 0 Å². The third-order valence-electron chi connectivity index (χ3n) is 3.76.